The van der Waals surface area contributed by atoms with Gasteiger partial charge in [-0.25, -0.2) is 12.8 Å². The van der Waals surface area contributed by atoms with Gasteiger partial charge in [-0.3, -0.25) is 4.79 Å². The Morgan fingerprint density at radius 3 is 2.36 bits per heavy atom. The second-order valence-electron chi connectivity index (χ2n) is 6.63. The molecule has 0 bridgehead atoms. The number of carbonyl (C=O) groups excluding carboxylic acids is 1. The molecule has 2 aromatic carbocycles. The molecule has 9 heteroatoms. The van der Waals surface area contributed by atoms with Gasteiger partial charge in [-0.05, 0) is 36.9 Å². The number of halogens is 2. The third kappa shape index (κ3) is 4.52. The molecule has 1 N–H and O–H groups in total. The summed E-state index contributed by atoms with van der Waals surface area (Å²) in [6, 6.07) is 10.3. The van der Waals surface area contributed by atoms with Gasteiger partial charge in [0.25, 0.3) is 5.91 Å². The number of sulfonamides is 1. The maximum absolute atomic E-state index is 13.8. The van der Waals surface area contributed by atoms with Gasteiger partial charge in [0, 0.05) is 32.7 Å². The van der Waals surface area contributed by atoms with E-state index in [-0.39, 0.29) is 22.0 Å². The molecule has 1 saturated heterocycles. The van der Waals surface area contributed by atoms with Crippen LogP contribution < -0.4 is 5.32 Å². The van der Waals surface area contributed by atoms with Gasteiger partial charge in [0.2, 0.25) is 10.0 Å². The SMILES string of the molecule is CN1CCN(S(=O)(=O)c2ccc(CNC(=O)c3c(F)cccc3Cl)cc2)CC1. The largest absolute Gasteiger partial charge is 0.348 e. The third-order valence-corrected chi connectivity index (χ3v) is 6.89. The van der Waals surface area contributed by atoms with Crippen molar-refractivity contribution in [2.24, 2.45) is 0 Å². The van der Waals surface area contributed by atoms with Gasteiger partial charge in [0.15, 0.2) is 0 Å². The van der Waals surface area contributed by atoms with Gasteiger partial charge >= 0.3 is 0 Å². The number of carbonyl (C=O) groups is 1. The average Bonchev–Trinajstić information content (AvgIpc) is 2.67. The number of benzene rings is 2. The number of hydrogen-bond acceptors (Lipinski definition) is 4. The van der Waals surface area contributed by atoms with Crippen LogP contribution in [0.15, 0.2) is 47.4 Å². The van der Waals surface area contributed by atoms with Crippen molar-refractivity contribution < 1.29 is 17.6 Å². The smallest absolute Gasteiger partial charge is 0.256 e. The fourth-order valence-corrected chi connectivity index (χ4v) is 4.61. The number of likely N-dealkylation sites (N-methyl/N-ethyl adjacent to an activating group) is 1. The van der Waals surface area contributed by atoms with Crippen molar-refractivity contribution >= 4 is 27.5 Å². The molecule has 0 aromatic heterocycles. The van der Waals surface area contributed by atoms with Gasteiger partial charge in [0.1, 0.15) is 5.82 Å². The lowest BCUT2D eigenvalue weighted by Crippen LogP contribution is -2.47. The van der Waals surface area contributed by atoms with Gasteiger partial charge in [-0.15, -0.1) is 0 Å². The van der Waals surface area contributed by atoms with E-state index in [1.165, 1.54) is 34.6 Å². The molecule has 1 amide bonds. The van der Waals surface area contributed by atoms with Crippen molar-refractivity contribution in [3.8, 4) is 0 Å². The van der Waals surface area contributed by atoms with Crippen molar-refractivity contribution in [1.82, 2.24) is 14.5 Å². The summed E-state index contributed by atoms with van der Waals surface area (Å²) in [6.07, 6.45) is 0. The van der Waals surface area contributed by atoms with Crippen LogP contribution in [-0.4, -0.2) is 56.8 Å². The molecule has 0 aliphatic carbocycles. The fraction of sp³-hybridized carbons (Fsp3) is 0.316. The molecular formula is C19H21ClFN3O3S. The molecular weight excluding hydrogens is 405 g/mol. The molecule has 6 nitrogen and oxygen atoms in total. The molecule has 1 heterocycles. The minimum atomic E-state index is -3.54. The zero-order valence-electron chi connectivity index (χ0n) is 15.4. The van der Waals surface area contributed by atoms with E-state index >= 15 is 0 Å². The molecule has 1 aliphatic rings. The predicted octanol–water partition coefficient (Wildman–Crippen LogP) is 2.35. The lowest BCUT2D eigenvalue weighted by atomic mass is 10.2. The second-order valence-corrected chi connectivity index (χ2v) is 8.98. The van der Waals surface area contributed by atoms with Crippen molar-refractivity contribution in [2.75, 3.05) is 33.2 Å². The summed E-state index contributed by atoms with van der Waals surface area (Å²) in [4.78, 5) is 14.5. The number of nitrogens with zero attached hydrogens (tertiary/aromatic N) is 2. The number of piperazine rings is 1. The summed E-state index contributed by atoms with van der Waals surface area (Å²) in [5.74, 6) is -1.32. The van der Waals surface area contributed by atoms with E-state index in [1.807, 2.05) is 7.05 Å². The van der Waals surface area contributed by atoms with Gasteiger partial charge in [-0.2, -0.15) is 4.31 Å². The summed E-state index contributed by atoms with van der Waals surface area (Å²) < 4.78 is 40.7. The second kappa shape index (κ2) is 8.57. The summed E-state index contributed by atoms with van der Waals surface area (Å²) in [6.45, 7) is 2.43. The molecule has 0 unspecified atom stereocenters. The Hall–Kier alpha value is -2.00. The van der Waals surface area contributed by atoms with Crippen LogP contribution in [-0.2, 0) is 16.6 Å². The zero-order valence-corrected chi connectivity index (χ0v) is 16.9. The maximum Gasteiger partial charge on any atom is 0.256 e. The molecule has 28 heavy (non-hydrogen) atoms. The highest BCUT2D eigenvalue weighted by Crippen LogP contribution is 2.20. The predicted molar refractivity (Wildman–Crippen MR) is 105 cm³/mol. The van der Waals surface area contributed by atoms with Gasteiger partial charge in [0.05, 0.1) is 15.5 Å². The monoisotopic (exact) mass is 425 g/mol. The van der Waals surface area contributed by atoms with E-state index in [9.17, 15) is 17.6 Å². The Morgan fingerprint density at radius 1 is 1.11 bits per heavy atom. The highest BCUT2D eigenvalue weighted by atomic mass is 35.5. The van der Waals surface area contributed by atoms with E-state index in [1.54, 1.807) is 12.1 Å². The van der Waals surface area contributed by atoms with Crippen LogP contribution >= 0.6 is 11.6 Å². The first-order valence-electron chi connectivity index (χ1n) is 8.79. The van der Waals surface area contributed by atoms with Crippen LogP contribution in [0.4, 0.5) is 4.39 Å². The highest BCUT2D eigenvalue weighted by Gasteiger charge is 2.27. The minimum absolute atomic E-state index is 0.0334. The molecule has 0 spiro atoms. The quantitative estimate of drug-likeness (QED) is 0.798. The van der Waals surface area contributed by atoms with Crippen LogP contribution in [0, 0.1) is 5.82 Å². The summed E-state index contributed by atoms with van der Waals surface area (Å²) >= 11 is 5.88. The normalized spacial score (nSPS) is 16.1. The fourth-order valence-electron chi connectivity index (χ4n) is 2.94. The first kappa shape index (κ1) is 20.7. The maximum atomic E-state index is 13.8. The molecule has 0 saturated carbocycles. The van der Waals surface area contributed by atoms with E-state index in [0.717, 1.165) is 0 Å². The molecule has 1 aliphatic heterocycles. The van der Waals surface area contributed by atoms with E-state index < -0.39 is 21.7 Å². The molecule has 3 rings (SSSR count). The van der Waals surface area contributed by atoms with Crippen LogP contribution in [0.1, 0.15) is 15.9 Å². The van der Waals surface area contributed by atoms with Crippen LogP contribution in [0.2, 0.25) is 5.02 Å². The number of rotatable bonds is 5. The molecule has 1 fully saturated rings. The Balaban J connectivity index is 1.65. The topological polar surface area (TPSA) is 69.7 Å². The Morgan fingerprint density at radius 2 is 1.75 bits per heavy atom. The molecule has 2 aromatic rings. The van der Waals surface area contributed by atoms with Gasteiger partial charge < -0.3 is 10.2 Å². The van der Waals surface area contributed by atoms with Crippen molar-refractivity contribution in [2.45, 2.75) is 11.4 Å². The summed E-state index contributed by atoms with van der Waals surface area (Å²) in [7, 11) is -1.58. The zero-order chi connectivity index (χ0) is 20.3. The Labute approximate surface area is 168 Å². The number of hydrogen-bond donors (Lipinski definition) is 1. The minimum Gasteiger partial charge on any atom is -0.348 e. The first-order chi connectivity index (χ1) is 13.3. The average molecular weight is 426 g/mol. The third-order valence-electron chi connectivity index (χ3n) is 4.67. The standard InChI is InChI=1S/C19H21ClFN3O3S/c1-23-9-11-24(12-10-23)28(26,27)15-7-5-14(6-8-15)13-22-19(25)18-16(20)3-2-4-17(18)21/h2-8H,9-13H2,1H3,(H,22,25). The van der Waals surface area contributed by atoms with E-state index in [2.05, 4.69) is 10.2 Å². The Bertz CT molecular complexity index is 939. The molecule has 150 valence electrons. The molecule has 0 radical (unpaired) electrons. The summed E-state index contributed by atoms with van der Waals surface area (Å²) in [5, 5.41) is 2.63. The first-order valence-corrected chi connectivity index (χ1v) is 10.6. The van der Waals surface area contributed by atoms with Gasteiger partial charge in [-0.1, -0.05) is 29.8 Å². The van der Waals surface area contributed by atoms with Crippen molar-refractivity contribution in [1.29, 1.82) is 0 Å². The van der Waals surface area contributed by atoms with E-state index in [4.69, 9.17) is 11.6 Å². The lowest BCUT2D eigenvalue weighted by molar-refractivity contribution is 0.0947. The lowest BCUT2D eigenvalue weighted by Gasteiger charge is -2.31. The van der Waals surface area contributed by atoms with Crippen molar-refractivity contribution in [3.05, 3.63) is 64.4 Å². The van der Waals surface area contributed by atoms with Crippen LogP contribution in [0.5, 0.6) is 0 Å². The Kier molecular flexibility index (Phi) is 6.34. The highest BCUT2D eigenvalue weighted by molar-refractivity contribution is 7.89. The van der Waals surface area contributed by atoms with Crippen LogP contribution in [0.3, 0.4) is 0 Å². The van der Waals surface area contributed by atoms with Crippen LogP contribution in [0.25, 0.3) is 0 Å². The van der Waals surface area contributed by atoms with Crippen molar-refractivity contribution in [3.63, 3.8) is 0 Å². The summed E-state index contributed by atoms with van der Waals surface area (Å²) in [5.41, 5.74) is 0.483. The number of amides is 1. The van der Waals surface area contributed by atoms with E-state index in [0.29, 0.717) is 31.7 Å². The molecule has 0 atom stereocenters. The number of nitrogens with one attached hydrogen (secondary N) is 1.